The summed E-state index contributed by atoms with van der Waals surface area (Å²) in [5.74, 6) is 0.267. The van der Waals surface area contributed by atoms with E-state index in [1.165, 1.54) is 23.5 Å². The predicted octanol–water partition coefficient (Wildman–Crippen LogP) is 4.64. The molecule has 2 aromatic heterocycles. The van der Waals surface area contributed by atoms with Gasteiger partial charge in [0.1, 0.15) is 16.9 Å². The molecule has 182 valence electrons. The lowest BCUT2D eigenvalue weighted by atomic mass is 10.0. The molecule has 4 aromatic rings. The number of hydrogen-bond acceptors (Lipinski definition) is 7. The van der Waals surface area contributed by atoms with E-state index >= 15 is 0 Å². The summed E-state index contributed by atoms with van der Waals surface area (Å²) < 4.78 is 30.0. The van der Waals surface area contributed by atoms with Crippen LogP contribution < -0.4 is 14.2 Å². The van der Waals surface area contributed by atoms with Crippen LogP contribution in [0.5, 0.6) is 17.2 Å². The van der Waals surface area contributed by atoms with Gasteiger partial charge < -0.3 is 24.3 Å². The summed E-state index contributed by atoms with van der Waals surface area (Å²) in [6.45, 7) is 0.985. The van der Waals surface area contributed by atoms with Crippen molar-refractivity contribution in [3.63, 3.8) is 0 Å². The number of rotatable bonds is 7. The first-order chi connectivity index (χ1) is 16.9. The maximum absolute atomic E-state index is 13.6. The Morgan fingerprint density at radius 2 is 1.91 bits per heavy atom. The van der Waals surface area contributed by atoms with Gasteiger partial charge in [0.15, 0.2) is 11.5 Å². The number of carbonyl (C=O) groups is 1. The van der Waals surface area contributed by atoms with Crippen molar-refractivity contribution in [1.82, 2.24) is 14.9 Å². The average Bonchev–Trinajstić information content (AvgIpc) is 3.46. The number of fused-ring (bicyclic) bond motifs is 2. The maximum Gasteiger partial charge on any atom is 0.325 e. The topological polar surface area (TPSA) is 96.9 Å². The Hall–Kier alpha value is -3.63. The summed E-state index contributed by atoms with van der Waals surface area (Å²) in [6.07, 6.45) is 2.28. The molecule has 0 amide bonds. The van der Waals surface area contributed by atoms with Crippen LogP contribution in [0.3, 0.4) is 0 Å². The Balaban J connectivity index is 1.48. The lowest BCUT2D eigenvalue weighted by Gasteiger charge is -2.31. The second-order valence-electron chi connectivity index (χ2n) is 8.20. The molecule has 0 bridgehead atoms. The number of aromatic amines is 1. The Kier molecular flexibility index (Phi) is 6.08. The molecule has 0 spiro atoms. The van der Waals surface area contributed by atoms with Gasteiger partial charge in [-0.3, -0.25) is 9.69 Å². The minimum Gasteiger partial charge on any atom is -0.493 e. The van der Waals surface area contributed by atoms with Crippen molar-refractivity contribution >= 4 is 28.2 Å². The van der Waals surface area contributed by atoms with Crippen LogP contribution >= 0.6 is 11.3 Å². The Bertz CT molecular complexity index is 1390. The molecule has 35 heavy (non-hydrogen) atoms. The van der Waals surface area contributed by atoms with Crippen LogP contribution in [0, 0.1) is 5.82 Å². The fourth-order valence-electron chi connectivity index (χ4n) is 4.60. The molecular weight excluding hydrogens is 473 g/mol. The van der Waals surface area contributed by atoms with Crippen molar-refractivity contribution < 1.29 is 28.5 Å². The zero-order valence-electron chi connectivity index (χ0n) is 19.4. The number of methoxy groups -OCH3 is 3. The quantitative estimate of drug-likeness (QED) is 0.384. The molecule has 3 heterocycles. The van der Waals surface area contributed by atoms with E-state index in [9.17, 15) is 14.3 Å². The number of nitrogens with one attached hydrogen (secondary N) is 1. The molecule has 1 aliphatic rings. The van der Waals surface area contributed by atoms with Gasteiger partial charge in [-0.25, -0.2) is 9.37 Å². The number of carboxylic acid groups (broad SMARTS) is 1. The molecule has 8 nitrogen and oxygen atoms in total. The Morgan fingerprint density at radius 3 is 2.57 bits per heavy atom. The first-order valence-electron chi connectivity index (χ1n) is 11.0. The van der Waals surface area contributed by atoms with Gasteiger partial charge in [-0.2, -0.15) is 0 Å². The smallest absolute Gasteiger partial charge is 0.325 e. The largest absolute Gasteiger partial charge is 0.493 e. The first kappa shape index (κ1) is 23.1. The number of benzene rings is 2. The molecule has 5 rings (SSSR count). The van der Waals surface area contributed by atoms with E-state index in [0.717, 1.165) is 21.1 Å². The normalized spacial score (nSPS) is 14.5. The number of thiazole rings is 1. The number of H-pyrrole nitrogens is 1. The van der Waals surface area contributed by atoms with Crippen LogP contribution in [0.15, 0.2) is 36.5 Å². The van der Waals surface area contributed by atoms with Gasteiger partial charge in [0, 0.05) is 52.6 Å². The number of carboxylic acids is 1. The molecule has 0 radical (unpaired) electrons. The van der Waals surface area contributed by atoms with Crippen molar-refractivity contribution in [3.05, 3.63) is 58.5 Å². The van der Waals surface area contributed by atoms with Crippen LogP contribution in [-0.4, -0.2) is 53.8 Å². The van der Waals surface area contributed by atoms with Crippen molar-refractivity contribution in [1.29, 1.82) is 0 Å². The standard InChI is InChI=1S/C25H24FN3O5S/c1-32-19-8-13(9-20(33-2)23(19)34-3)24-28-17-6-7-29(12-21(17)35-24)22(25(30)31)16-11-27-18-10-14(26)4-5-15(16)18/h4-5,8-11,22,27H,6-7,12H2,1-3H3,(H,30,31). The predicted molar refractivity (Wildman–Crippen MR) is 130 cm³/mol. The fourth-order valence-corrected chi connectivity index (χ4v) is 5.72. The van der Waals surface area contributed by atoms with Gasteiger partial charge in [-0.1, -0.05) is 0 Å². The molecule has 0 fully saturated rings. The lowest BCUT2D eigenvalue weighted by Crippen LogP contribution is -2.37. The maximum atomic E-state index is 13.6. The average molecular weight is 498 g/mol. The van der Waals surface area contributed by atoms with Gasteiger partial charge in [0.25, 0.3) is 0 Å². The van der Waals surface area contributed by atoms with Crippen molar-refractivity contribution in [2.75, 3.05) is 27.9 Å². The second-order valence-corrected chi connectivity index (χ2v) is 9.28. The molecule has 1 atom stereocenters. The monoisotopic (exact) mass is 497 g/mol. The van der Waals surface area contributed by atoms with E-state index in [4.69, 9.17) is 19.2 Å². The van der Waals surface area contributed by atoms with Crippen molar-refractivity contribution in [2.24, 2.45) is 0 Å². The highest BCUT2D eigenvalue weighted by Gasteiger charge is 2.33. The van der Waals surface area contributed by atoms with E-state index < -0.39 is 12.0 Å². The van der Waals surface area contributed by atoms with Crippen molar-refractivity contribution in [3.8, 4) is 27.8 Å². The van der Waals surface area contributed by atoms with Crippen LogP contribution in [0.25, 0.3) is 21.5 Å². The lowest BCUT2D eigenvalue weighted by molar-refractivity contribution is -0.144. The number of halogens is 1. The molecule has 10 heteroatoms. The summed E-state index contributed by atoms with van der Waals surface area (Å²) >= 11 is 1.52. The summed E-state index contributed by atoms with van der Waals surface area (Å²) in [4.78, 5) is 23.1. The number of aromatic nitrogens is 2. The van der Waals surface area contributed by atoms with E-state index in [1.54, 1.807) is 33.6 Å². The molecule has 2 aromatic carbocycles. The van der Waals surface area contributed by atoms with Crippen LogP contribution in [0.4, 0.5) is 4.39 Å². The zero-order valence-corrected chi connectivity index (χ0v) is 20.2. The molecule has 0 saturated carbocycles. The van der Waals surface area contributed by atoms with E-state index in [2.05, 4.69) is 4.98 Å². The summed E-state index contributed by atoms with van der Waals surface area (Å²) in [6, 6.07) is 7.19. The highest BCUT2D eigenvalue weighted by molar-refractivity contribution is 7.15. The van der Waals surface area contributed by atoms with Crippen molar-refractivity contribution in [2.45, 2.75) is 19.0 Å². The molecule has 0 saturated heterocycles. The highest BCUT2D eigenvalue weighted by Crippen LogP contribution is 2.43. The minimum atomic E-state index is -0.951. The fraction of sp³-hybridized carbons (Fsp3) is 0.280. The Morgan fingerprint density at radius 1 is 1.17 bits per heavy atom. The number of ether oxygens (including phenoxy) is 3. The van der Waals surface area contributed by atoms with Crippen LogP contribution in [-0.2, 0) is 17.8 Å². The van der Waals surface area contributed by atoms with E-state index in [0.29, 0.717) is 53.2 Å². The zero-order chi connectivity index (χ0) is 24.7. The third kappa shape index (κ3) is 4.08. The second kappa shape index (κ2) is 9.20. The van der Waals surface area contributed by atoms with Gasteiger partial charge in [-0.15, -0.1) is 11.3 Å². The SMILES string of the molecule is COc1cc(-c2nc3c(s2)CN(C(C(=O)O)c2c[nH]c4cc(F)ccc24)CC3)cc(OC)c1OC. The van der Waals surface area contributed by atoms with Gasteiger partial charge in [0.05, 0.1) is 27.0 Å². The molecular formula is C25H24FN3O5S. The number of aliphatic carboxylic acids is 1. The van der Waals surface area contributed by atoms with E-state index in [1.807, 2.05) is 17.0 Å². The van der Waals surface area contributed by atoms with Crippen LogP contribution in [0.1, 0.15) is 22.2 Å². The highest BCUT2D eigenvalue weighted by atomic mass is 32.1. The third-order valence-electron chi connectivity index (χ3n) is 6.24. The minimum absolute atomic E-state index is 0.371. The molecule has 1 unspecified atom stereocenters. The van der Waals surface area contributed by atoms with Crippen LogP contribution in [0.2, 0.25) is 0 Å². The first-order valence-corrected chi connectivity index (χ1v) is 11.8. The molecule has 2 N–H and O–H groups in total. The third-order valence-corrected chi connectivity index (χ3v) is 7.37. The Labute approximate surface area is 204 Å². The van der Waals surface area contributed by atoms with Gasteiger partial charge in [-0.05, 0) is 30.3 Å². The molecule has 0 aliphatic carbocycles. The number of nitrogens with zero attached hydrogens (tertiary/aromatic N) is 2. The van der Waals surface area contributed by atoms with E-state index in [-0.39, 0.29) is 5.82 Å². The van der Waals surface area contributed by atoms with Gasteiger partial charge in [0.2, 0.25) is 5.75 Å². The summed E-state index contributed by atoms with van der Waals surface area (Å²) in [5, 5.41) is 11.6. The molecule has 1 aliphatic heterocycles. The van der Waals surface area contributed by atoms with Gasteiger partial charge >= 0.3 is 5.97 Å². The number of hydrogen-bond donors (Lipinski definition) is 2. The summed E-state index contributed by atoms with van der Waals surface area (Å²) in [5.41, 5.74) is 2.98. The summed E-state index contributed by atoms with van der Waals surface area (Å²) in [7, 11) is 4.69.